The number of piperidine rings is 1. The molecule has 1 aromatic carbocycles. The van der Waals surface area contributed by atoms with Gasteiger partial charge in [-0.1, -0.05) is 6.92 Å². The van der Waals surface area contributed by atoms with Crippen LogP contribution in [0.15, 0.2) is 18.2 Å². The van der Waals surface area contributed by atoms with E-state index in [9.17, 15) is 9.59 Å². The average Bonchev–Trinajstić information content (AvgIpc) is 3.14. The molecule has 0 spiro atoms. The molecule has 7 nitrogen and oxygen atoms in total. The highest BCUT2D eigenvalue weighted by molar-refractivity contribution is 5.94. The van der Waals surface area contributed by atoms with Gasteiger partial charge in [0.15, 0.2) is 11.5 Å². The lowest BCUT2D eigenvalue weighted by Gasteiger charge is -2.36. The van der Waals surface area contributed by atoms with Crippen LogP contribution in [0.5, 0.6) is 11.5 Å². The summed E-state index contributed by atoms with van der Waals surface area (Å²) >= 11 is 0. The van der Waals surface area contributed by atoms with Gasteiger partial charge in [-0.05, 0) is 50.8 Å². The molecule has 2 atom stereocenters. The lowest BCUT2D eigenvalue weighted by atomic mass is 9.96. The molecule has 7 heteroatoms. The van der Waals surface area contributed by atoms with Crippen LogP contribution in [-0.2, 0) is 9.59 Å². The Hall–Kier alpha value is -2.28. The highest BCUT2D eigenvalue weighted by Crippen LogP contribution is 2.34. The molecule has 2 aliphatic rings. The molecule has 1 fully saturated rings. The van der Waals surface area contributed by atoms with Gasteiger partial charge < -0.3 is 20.1 Å². The van der Waals surface area contributed by atoms with Crippen LogP contribution in [0.25, 0.3) is 0 Å². The Morgan fingerprint density at radius 1 is 1.30 bits per heavy atom. The van der Waals surface area contributed by atoms with Gasteiger partial charge in [0.2, 0.25) is 18.6 Å². The quantitative estimate of drug-likeness (QED) is 0.765. The fourth-order valence-corrected chi connectivity index (χ4v) is 3.58. The van der Waals surface area contributed by atoms with E-state index in [1.807, 2.05) is 19.9 Å². The Morgan fingerprint density at radius 2 is 2.11 bits per heavy atom. The number of benzene rings is 1. The molecule has 0 bridgehead atoms. The van der Waals surface area contributed by atoms with E-state index in [2.05, 4.69) is 15.5 Å². The van der Waals surface area contributed by atoms with E-state index < -0.39 is 0 Å². The van der Waals surface area contributed by atoms with Gasteiger partial charge in [-0.3, -0.25) is 14.5 Å². The van der Waals surface area contributed by atoms with Crippen molar-refractivity contribution in [1.82, 2.24) is 10.2 Å². The second kappa shape index (κ2) is 9.08. The first kappa shape index (κ1) is 19.5. The molecule has 148 valence electrons. The molecule has 2 amide bonds. The van der Waals surface area contributed by atoms with Crippen molar-refractivity contribution in [3.63, 3.8) is 0 Å². The largest absolute Gasteiger partial charge is 0.454 e. The number of ether oxygens (including phenoxy) is 2. The number of amides is 2. The van der Waals surface area contributed by atoms with Gasteiger partial charge in [-0.25, -0.2) is 0 Å². The Bertz CT molecular complexity index is 679. The number of nitrogens with zero attached hydrogens (tertiary/aromatic N) is 1. The minimum absolute atomic E-state index is 0.0375. The van der Waals surface area contributed by atoms with E-state index in [0.717, 1.165) is 32.4 Å². The Morgan fingerprint density at radius 3 is 2.93 bits per heavy atom. The zero-order valence-electron chi connectivity index (χ0n) is 16.1. The molecule has 1 aromatic rings. The summed E-state index contributed by atoms with van der Waals surface area (Å²) in [6.07, 6.45) is 3.56. The number of nitrogens with one attached hydrogen (secondary N) is 2. The summed E-state index contributed by atoms with van der Waals surface area (Å²) in [5, 5.41) is 5.98. The average molecular weight is 375 g/mol. The van der Waals surface area contributed by atoms with Crippen molar-refractivity contribution in [3.05, 3.63) is 18.2 Å². The number of rotatable bonds is 7. The van der Waals surface area contributed by atoms with E-state index in [0.29, 0.717) is 36.1 Å². The normalized spacial score (nSPS) is 20.1. The SMILES string of the molecule is CCCC(=O)NCC1CCCN(C(C)C(=O)Nc2ccc3c(c2)OCO3)C1. The van der Waals surface area contributed by atoms with E-state index in [4.69, 9.17) is 9.47 Å². The Balaban J connectivity index is 1.50. The van der Waals surface area contributed by atoms with E-state index in [1.54, 1.807) is 12.1 Å². The van der Waals surface area contributed by atoms with E-state index in [1.165, 1.54) is 0 Å². The van der Waals surface area contributed by atoms with Gasteiger partial charge in [-0.2, -0.15) is 0 Å². The van der Waals surface area contributed by atoms with Crippen LogP contribution in [0.1, 0.15) is 39.5 Å². The molecule has 2 unspecified atom stereocenters. The number of hydrogen-bond donors (Lipinski definition) is 2. The molecule has 27 heavy (non-hydrogen) atoms. The minimum Gasteiger partial charge on any atom is -0.454 e. The second-order valence-electron chi connectivity index (χ2n) is 7.29. The van der Waals surface area contributed by atoms with Crippen molar-refractivity contribution in [2.24, 2.45) is 5.92 Å². The van der Waals surface area contributed by atoms with Crippen LogP contribution >= 0.6 is 0 Å². The standard InChI is InChI=1S/C20H29N3O4/c1-3-5-19(24)21-11-15-6-4-9-23(12-15)14(2)20(25)22-16-7-8-17-18(10-16)27-13-26-17/h7-8,10,14-15H,3-6,9,11-13H2,1-2H3,(H,21,24)(H,22,25). The van der Waals surface area contributed by atoms with Crippen LogP contribution in [0.4, 0.5) is 5.69 Å². The molecule has 0 aliphatic carbocycles. The van der Waals surface area contributed by atoms with Gasteiger partial charge in [0.1, 0.15) is 0 Å². The summed E-state index contributed by atoms with van der Waals surface area (Å²) in [4.78, 5) is 26.6. The van der Waals surface area contributed by atoms with Crippen LogP contribution in [0.3, 0.4) is 0 Å². The van der Waals surface area contributed by atoms with E-state index >= 15 is 0 Å². The Kier molecular flexibility index (Phi) is 6.55. The molecule has 0 aromatic heterocycles. The molecule has 2 heterocycles. The third-order valence-corrected chi connectivity index (χ3v) is 5.18. The van der Waals surface area contributed by atoms with Crippen molar-refractivity contribution in [3.8, 4) is 11.5 Å². The molecule has 0 radical (unpaired) electrons. The topological polar surface area (TPSA) is 79.9 Å². The minimum atomic E-state index is -0.232. The maximum Gasteiger partial charge on any atom is 0.241 e. The summed E-state index contributed by atoms with van der Waals surface area (Å²) in [6, 6.07) is 5.18. The van der Waals surface area contributed by atoms with Gasteiger partial charge in [0, 0.05) is 31.3 Å². The zero-order chi connectivity index (χ0) is 19.2. The summed E-state index contributed by atoms with van der Waals surface area (Å²) in [5.74, 6) is 1.82. The van der Waals surface area contributed by atoms with Crippen LogP contribution in [0.2, 0.25) is 0 Å². The fraction of sp³-hybridized carbons (Fsp3) is 0.600. The van der Waals surface area contributed by atoms with Crippen molar-refractivity contribution in [2.45, 2.75) is 45.6 Å². The van der Waals surface area contributed by atoms with Crippen molar-refractivity contribution in [2.75, 3.05) is 31.7 Å². The monoisotopic (exact) mass is 375 g/mol. The summed E-state index contributed by atoms with van der Waals surface area (Å²) < 4.78 is 10.7. The van der Waals surface area contributed by atoms with Gasteiger partial charge >= 0.3 is 0 Å². The number of anilines is 1. The third kappa shape index (κ3) is 5.13. The first-order chi connectivity index (χ1) is 13.1. The number of hydrogen-bond acceptors (Lipinski definition) is 5. The summed E-state index contributed by atoms with van der Waals surface area (Å²) in [6.45, 7) is 6.55. The lowest BCUT2D eigenvalue weighted by Crippen LogP contribution is -2.48. The number of fused-ring (bicyclic) bond motifs is 1. The molecular formula is C20H29N3O4. The second-order valence-corrected chi connectivity index (χ2v) is 7.29. The maximum atomic E-state index is 12.7. The highest BCUT2D eigenvalue weighted by atomic mass is 16.7. The molecule has 3 rings (SSSR count). The molecule has 2 aliphatic heterocycles. The lowest BCUT2D eigenvalue weighted by molar-refractivity contribution is -0.123. The summed E-state index contributed by atoms with van der Waals surface area (Å²) in [7, 11) is 0. The first-order valence-corrected chi connectivity index (χ1v) is 9.78. The van der Waals surface area contributed by atoms with Crippen LogP contribution in [0, 0.1) is 5.92 Å². The van der Waals surface area contributed by atoms with Crippen molar-refractivity contribution >= 4 is 17.5 Å². The van der Waals surface area contributed by atoms with Gasteiger partial charge in [-0.15, -0.1) is 0 Å². The first-order valence-electron chi connectivity index (χ1n) is 9.78. The van der Waals surface area contributed by atoms with Crippen LogP contribution in [-0.4, -0.2) is 49.2 Å². The molecule has 0 saturated carbocycles. The molecule has 1 saturated heterocycles. The summed E-state index contributed by atoms with van der Waals surface area (Å²) in [5.41, 5.74) is 0.705. The number of carbonyl (C=O) groups is 2. The predicted octanol–water partition coefficient (Wildman–Crippen LogP) is 2.37. The third-order valence-electron chi connectivity index (χ3n) is 5.18. The van der Waals surface area contributed by atoms with Crippen molar-refractivity contribution in [1.29, 1.82) is 0 Å². The highest BCUT2D eigenvalue weighted by Gasteiger charge is 2.28. The fourth-order valence-electron chi connectivity index (χ4n) is 3.58. The van der Waals surface area contributed by atoms with E-state index in [-0.39, 0.29) is 24.6 Å². The molecular weight excluding hydrogens is 346 g/mol. The number of likely N-dealkylation sites (tertiary alicyclic amines) is 1. The van der Waals surface area contributed by atoms with Crippen molar-refractivity contribution < 1.29 is 19.1 Å². The van der Waals surface area contributed by atoms with Gasteiger partial charge in [0.25, 0.3) is 0 Å². The zero-order valence-corrected chi connectivity index (χ0v) is 16.1. The molecule has 2 N–H and O–H groups in total. The number of carbonyl (C=O) groups excluding carboxylic acids is 2. The maximum absolute atomic E-state index is 12.7. The predicted molar refractivity (Wildman–Crippen MR) is 103 cm³/mol. The Labute approximate surface area is 160 Å². The van der Waals surface area contributed by atoms with Gasteiger partial charge in [0.05, 0.1) is 6.04 Å². The van der Waals surface area contributed by atoms with Crippen LogP contribution < -0.4 is 20.1 Å². The smallest absolute Gasteiger partial charge is 0.241 e.